The zero-order chi connectivity index (χ0) is 6.41. The smallest absolute Gasteiger partial charge is 0.308 e. The van der Waals surface area contributed by atoms with E-state index >= 15 is 0 Å². The number of isocyanates is 2. The van der Waals surface area contributed by atoms with E-state index in [1.165, 1.54) is 0 Å². The first-order valence-corrected chi connectivity index (χ1v) is 2.66. The molecular weight excluding hydrogens is 131 g/mol. The highest BCUT2D eigenvalue weighted by molar-refractivity contribution is 7.48. The van der Waals surface area contributed by atoms with Crippen molar-refractivity contribution in [3.63, 3.8) is 0 Å². The van der Waals surface area contributed by atoms with Crippen LogP contribution in [0.5, 0.6) is 0 Å². The highest BCUT2D eigenvalue weighted by Crippen LogP contribution is 2.30. The van der Waals surface area contributed by atoms with Crippen LogP contribution in [-0.2, 0) is 9.59 Å². The second-order valence-electron chi connectivity index (χ2n) is 0.651. The molecule has 0 radical (unpaired) electrons. The highest BCUT2D eigenvalue weighted by Gasteiger charge is 1.93. The zero-order valence-corrected chi connectivity index (χ0v) is 4.50. The van der Waals surface area contributed by atoms with Crippen molar-refractivity contribution < 1.29 is 14.5 Å². The second kappa shape index (κ2) is 4.31. The van der Waals surface area contributed by atoms with E-state index in [0.29, 0.717) is 0 Å². The molecule has 8 heavy (non-hydrogen) atoms. The molecule has 1 N–H and O–H groups in total. The Balaban J connectivity index is 3.82. The lowest BCUT2D eigenvalue weighted by molar-refractivity contribution is 0.562. The number of nitrogens with zero attached hydrogens (tertiary/aromatic N) is 2. The van der Waals surface area contributed by atoms with E-state index in [4.69, 9.17) is 4.89 Å². The predicted octanol–water partition coefficient (Wildman–Crippen LogP) is -0.123. The molecule has 0 aliphatic heterocycles. The summed E-state index contributed by atoms with van der Waals surface area (Å²) >= 11 is 0. The van der Waals surface area contributed by atoms with Crippen molar-refractivity contribution in [2.45, 2.75) is 0 Å². The Hall–Kier alpha value is -0.850. The number of hydrogen-bond acceptors (Lipinski definition) is 5. The van der Waals surface area contributed by atoms with Gasteiger partial charge in [0.15, 0.2) is 0 Å². The maximum atomic E-state index is 9.26. The maximum absolute atomic E-state index is 9.26. The van der Waals surface area contributed by atoms with Crippen LogP contribution in [0.3, 0.4) is 0 Å². The largest absolute Gasteiger partial charge is 0.335 e. The van der Waals surface area contributed by atoms with E-state index in [1.54, 1.807) is 0 Å². The molecule has 0 bridgehead atoms. The van der Waals surface area contributed by atoms with Crippen LogP contribution in [-0.4, -0.2) is 17.1 Å². The van der Waals surface area contributed by atoms with Gasteiger partial charge >= 0.3 is 8.45 Å². The van der Waals surface area contributed by atoms with Crippen LogP contribution in [0.15, 0.2) is 9.53 Å². The van der Waals surface area contributed by atoms with Gasteiger partial charge in [-0.25, -0.2) is 9.59 Å². The Kier molecular flexibility index (Phi) is 3.85. The number of rotatable bonds is 2. The van der Waals surface area contributed by atoms with Gasteiger partial charge in [-0.1, -0.05) is 0 Å². The molecule has 0 spiro atoms. The van der Waals surface area contributed by atoms with Gasteiger partial charge in [-0.15, -0.1) is 9.53 Å². The fraction of sp³-hybridized carbons (Fsp3) is 0. The summed E-state index contributed by atoms with van der Waals surface area (Å²) in [5, 5.41) is 0. The van der Waals surface area contributed by atoms with Crippen molar-refractivity contribution in [1.82, 2.24) is 0 Å². The fourth-order valence-electron chi connectivity index (χ4n) is 0.0954. The average Bonchev–Trinajstić information content (AvgIpc) is 1.68. The van der Waals surface area contributed by atoms with Crippen LogP contribution in [0.4, 0.5) is 0 Å². The standard InChI is InChI=1S/C2HN2O3P/c5-1-3-8(7)4-2-6/h7H. The molecule has 0 rings (SSSR count). The third-order valence-electron chi connectivity index (χ3n) is 0.261. The van der Waals surface area contributed by atoms with Crippen LogP contribution in [0.25, 0.3) is 0 Å². The molecule has 0 unspecified atom stereocenters. The van der Waals surface area contributed by atoms with E-state index < -0.39 is 8.45 Å². The van der Waals surface area contributed by atoms with E-state index in [0.717, 1.165) is 12.2 Å². The minimum atomic E-state index is -2.18. The predicted molar refractivity (Wildman–Crippen MR) is 25.4 cm³/mol. The molecular formula is C2HN2O3P. The summed E-state index contributed by atoms with van der Waals surface area (Å²) in [6, 6.07) is 0. The number of hydrogen-bond donors (Lipinski definition) is 1. The third-order valence-corrected chi connectivity index (χ3v) is 0.782. The highest BCUT2D eigenvalue weighted by atomic mass is 31.2. The molecule has 0 aromatic carbocycles. The van der Waals surface area contributed by atoms with Crippen LogP contribution >= 0.6 is 8.45 Å². The Bertz CT molecular complexity index is 139. The molecule has 0 aliphatic rings. The van der Waals surface area contributed by atoms with E-state index in [1.807, 2.05) is 0 Å². The van der Waals surface area contributed by atoms with Crippen LogP contribution in [0.1, 0.15) is 0 Å². The molecule has 5 nitrogen and oxygen atoms in total. The summed E-state index contributed by atoms with van der Waals surface area (Å²) in [4.78, 5) is 26.8. The molecule has 6 heteroatoms. The molecule has 0 atom stereocenters. The molecule has 0 saturated carbocycles. The Labute approximate surface area is 45.7 Å². The monoisotopic (exact) mass is 132 g/mol. The van der Waals surface area contributed by atoms with E-state index in [2.05, 4.69) is 9.53 Å². The topological polar surface area (TPSA) is 79.1 Å². The molecule has 0 heterocycles. The van der Waals surface area contributed by atoms with E-state index in [-0.39, 0.29) is 0 Å². The summed E-state index contributed by atoms with van der Waals surface area (Å²) < 4.78 is 5.40. The minimum absolute atomic E-state index is 1.03. The molecule has 0 amide bonds. The van der Waals surface area contributed by atoms with Crippen LogP contribution in [0, 0.1) is 0 Å². The van der Waals surface area contributed by atoms with Gasteiger partial charge in [0.05, 0.1) is 0 Å². The summed E-state index contributed by atoms with van der Waals surface area (Å²) in [7, 11) is -2.18. The average molecular weight is 132 g/mol. The lowest BCUT2D eigenvalue weighted by Gasteiger charge is -1.81. The van der Waals surface area contributed by atoms with Gasteiger partial charge in [-0.3, -0.25) is 0 Å². The molecule has 0 aromatic rings. The van der Waals surface area contributed by atoms with Gasteiger partial charge in [0.2, 0.25) is 12.2 Å². The molecule has 42 valence electrons. The molecule has 0 aromatic heterocycles. The normalized spacial score (nSPS) is 10.6. The van der Waals surface area contributed by atoms with Crippen molar-refractivity contribution in [2.75, 3.05) is 0 Å². The third kappa shape index (κ3) is 3.34. The summed E-state index contributed by atoms with van der Waals surface area (Å²) in [5.74, 6) is 0. The van der Waals surface area contributed by atoms with Gasteiger partial charge in [-0.2, -0.15) is 0 Å². The van der Waals surface area contributed by atoms with Gasteiger partial charge in [0.25, 0.3) is 0 Å². The Morgan fingerprint density at radius 3 is 1.88 bits per heavy atom. The zero-order valence-electron chi connectivity index (χ0n) is 3.61. The van der Waals surface area contributed by atoms with Crippen molar-refractivity contribution in [3.8, 4) is 0 Å². The van der Waals surface area contributed by atoms with E-state index in [9.17, 15) is 9.59 Å². The lowest BCUT2D eigenvalue weighted by atomic mass is 11.7. The van der Waals surface area contributed by atoms with Gasteiger partial charge in [-0.05, 0) is 0 Å². The second-order valence-corrected chi connectivity index (χ2v) is 1.59. The van der Waals surface area contributed by atoms with Crippen molar-refractivity contribution >= 4 is 20.6 Å². The molecule has 0 saturated heterocycles. The first kappa shape index (κ1) is 7.15. The van der Waals surface area contributed by atoms with Crippen LogP contribution < -0.4 is 0 Å². The molecule has 0 fully saturated rings. The molecule has 0 aliphatic carbocycles. The summed E-state index contributed by atoms with van der Waals surface area (Å²) in [6.45, 7) is 0. The van der Waals surface area contributed by atoms with Crippen molar-refractivity contribution in [1.29, 1.82) is 0 Å². The lowest BCUT2D eigenvalue weighted by Crippen LogP contribution is -1.56. The Morgan fingerprint density at radius 2 is 1.62 bits per heavy atom. The first-order chi connectivity index (χ1) is 3.81. The number of carbonyl (C=O) groups excluding carboxylic acids is 2. The van der Waals surface area contributed by atoms with Crippen molar-refractivity contribution in [3.05, 3.63) is 0 Å². The fourth-order valence-corrected chi connectivity index (χ4v) is 0.286. The van der Waals surface area contributed by atoms with Gasteiger partial charge < -0.3 is 4.89 Å². The van der Waals surface area contributed by atoms with Crippen LogP contribution in [0.2, 0.25) is 0 Å². The van der Waals surface area contributed by atoms with Gasteiger partial charge in [0, 0.05) is 0 Å². The SMILES string of the molecule is O=C=NP(O)N=C=O. The van der Waals surface area contributed by atoms with Gasteiger partial charge in [0.1, 0.15) is 0 Å². The minimum Gasteiger partial charge on any atom is -0.335 e. The van der Waals surface area contributed by atoms with Crippen molar-refractivity contribution in [2.24, 2.45) is 9.53 Å². The summed E-state index contributed by atoms with van der Waals surface area (Å²) in [5.41, 5.74) is 0. The maximum Gasteiger partial charge on any atom is 0.308 e. The quantitative estimate of drug-likeness (QED) is 0.323. The Morgan fingerprint density at radius 1 is 1.25 bits per heavy atom. The summed E-state index contributed by atoms with van der Waals surface area (Å²) in [6.07, 6.45) is 2.07. The first-order valence-electron chi connectivity index (χ1n) is 1.46.